The number of anilines is 1. The summed E-state index contributed by atoms with van der Waals surface area (Å²) in [5.74, 6) is 0.0535. The molecule has 9 heteroatoms. The van der Waals surface area contributed by atoms with E-state index in [4.69, 9.17) is 0 Å². The molecule has 35 heavy (non-hydrogen) atoms. The Kier molecular flexibility index (Phi) is 5.72. The van der Waals surface area contributed by atoms with E-state index in [1.807, 2.05) is 24.3 Å². The molecule has 3 N–H and O–H groups in total. The lowest BCUT2D eigenvalue weighted by atomic mass is 9.98. The predicted octanol–water partition coefficient (Wildman–Crippen LogP) is 4.29. The van der Waals surface area contributed by atoms with Crippen molar-refractivity contribution in [2.24, 2.45) is 5.10 Å². The highest BCUT2D eigenvalue weighted by molar-refractivity contribution is 6.04. The van der Waals surface area contributed by atoms with Crippen LogP contribution in [0, 0.1) is 0 Å². The lowest BCUT2D eigenvalue weighted by Gasteiger charge is -2.22. The third-order valence-electron chi connectivity index (χ3n) is 5.78. The number of carbonyl (C=O) groups excluding carboxylic acids is 1. The minimum atomic E-state index is -0.614. The van der Waals surface area contributed by atoms with E-state index in [-0.39, 0.29) is 11.4 Å². The van der Waals surface area contributed by atoms with Crippen LogP contribution in [0.1, 0.15) is 29.3 Å². The molecule has 1 aliphatic rings. The molecule has 0 radical (unpaired) electrons. The second kappa shape index (κ2) is 9.14. The zero-order valence-electron chi connectivity index (χ0n) is 18.6. The Morgan fingerprint density at radius 3 is 2.60 bits per heavy atom. The zero-order chi connectivity index (χ0) is 24.4. The van der Waals surface area contributed by atoms with E-state index in [0.29, 0.717) is 29.1 Å². The highest BCUT2D eigenvalue weighted by Crippen LogP contribution is 2.37. The standard InChI is InChI=1S/C26H22N6O3/c1-2-20-24(25(34)31(29-20)18-10-4-3-5-11-18)28-26(35)32-22(19-12-6-7-13-23(19)33)15-21(30-32)17-9-8-14-27-16-17/h2-14,16,22,29,33H,1,15H2,(H,28,35). The van der Waals surface area contributed by atoms with Crippen molar-refractivity contribution in [2.45, 2.75) is 12.5 Å². The average Bonchev–Trinajstić information content (AvgIpc) is 3.47. The topological polar surface area (TPSA) is 116 Å². The van der Waals surface area contributed by atoms with Gasteiger partial charge in [-0.05, 0) is 30.3 Å². The summed E-state index contributed by atoms with van der Waals surface area (Å²) in [7, 11) is 0. The van der Waals surface area contributed by atoms with Crippen LogP contribution >= 0.6 is 0 Å². The zero-order valence-corrected chi connectivity index (χ0v) is 18.6. The Hall–Kier alpha value is -4.92. The summed E-state index contributed by atoms with van der Waals surface area (Å²) in [6.45, 7) is 3.75. The smallest absolute Gasteiger partial charge is 0.343 e. The summed E-state index contributed by atoms with van der Waals surface area (Å²) in [6, 6.07) is 18.3. The second-order valence-electron chi connectivity index (χ2n) is 7.92. The summed E-state index contributed by atoms with van der Waals surface area (Å²) < 4.78 is 1.33. The van der Waals surface area contributed by atoms with Crippen molar-refractivity contribution in [3.05, 3.63) is 113 Å². The summed E-state index contributed by atoms with van der Waals surface area (Å²) in [6.07, 6.45) is 5.16. The number of urea groups is 1. The van der Waals surface area contributed by atoms with Crippen molar-refractivity contribution >= 4 is 23.5 Å². The first kappa shape index (κ1) is 21.9. The average molecular weight is 467 g/mol. The molecule has 1 unspecified atom stereocenters. The Morgan fingerprint density at radius 2 is 1.89 bits per heavy atom. The van der Waals surface area contributed by atoms with Gasteiger partial charge in [0.15, 0.2) is 0 Å². The van der Waals surface area contributed by atoms with Crippen molar-refractivity contribution in [2.75, 3.05) is 5.32 Å². The van der Waals surface area contributed by atoms with Crippen LogP contribution in [0.5, 0.6) is 5.75 Å². The van der Waals surface area contributed by atoms with Crippen LogP contribution in [0.3, 0.4) is 0 Å². The number of pyridine rings is 1. The lowest BCUT2D eigenvalue weighted by Crippen LogP contribution is -2.33. The van der Waals surface area contributed by atoms with Gasteiger partial charge in [0.25, 0.3) is 5.56 Å². The van der Waals surface area contributed by atoms with Crippen molar-refractivity contribution in [3.8, 4) is 11.4 Å². The molecule has 5 rings (SSSR count). The van der Waals surface area contributed by atoms with Gasteiger partial charge in [-0.3, -0.25) is 20.2 Å². The van der Waals surface area contributed by atoms with E-state index in [0.717, 1.165) is 5.56 Å². The predicted molar refractivity (Wildman–Crippen MR) is 134 cm³/mol. The van der Waals surface area contributed by atoms with Crippen molar-refractivity contribution in [3.63, 3.8) is 0 Å². The van der Waals surface area contributed by atoms with Gasteiger partial charge in [-0.2, -0.15) is 5.10 Å². The Balaban J connectivity index is 1.52. The van der Waals surface area contributed by atoms with Gasteiger partial charge in [0.05, 0.1) is 23.1 Å². The number of hydrogen-bond donors (Lipinski definition) is 3. The molecule has 174 valence electrons. The molecule has 0 bridgehead atoms. The summed E-state index contributed by atoms with van der Waals surface area (Å²) in [4.78, 5) is 30.8. The van der Waals surface area contributed by atoms with Gasteiger partial charge in [0.1, 0.15) is 11.4 Å². The highest BCUT2D eigenvalue weighted by atomic mass is 16.3. The number of nitrogens with one attached hydrogen (secondary N) is 2. The first-order valence-corrected chi connectivity index (χ1v) is 11.0. The molecule has 2 amide bonds. The molecule has 9 nitrogen and oxygen atoms in total. The maximum atomic E-state index is 13.5. The van der Waals surface area contributed by atoms with Crippen LogP contribution in [0.2, 0.25) is 0 Å². The number of nitrogens with zero attached hydrogens (tertiary/aromatic N) is 4. The molecule has 0 aliphatic carbocycles. The summed E-state index contributed by atoms with van der Waals surface area (Å²) in [5, 5.41) is 21.9. The van der Waals surface area contributed by atoms with Crippen LogP contribution in [0.25, 0.3) is 11.8 Å². The SMILES string of the molecule is C=Cc1[nH]n(-c2ccccc2)c(=O)c1NC(=O)N1N=C(c2cccnc2)CC1c1ccccc1O. The molecule has 0 saturated carbocycles. The fourth-order valence-corrected chi connectivity index (χ4v) is 4.06. The maximum absolute atomic E-state index is 13.5. The number of rotatable bonds is 5. The van der Waals surface area contributed by atoms with Gasteiger partial charge in [0, 0.05) is 29.9 Å². The van der Waals surface area contributed by atoms with Gasteiger partial charge in [-0.15, -0.1) is 0 Å². The normalized spacial score (nSPS) is 15.0. The van der Waals surface area contributed by atoms with E-state index in [9.17, 15) is 14.7 Å². The van der Waals surface area contributed by atoms with Gasteiger partial charge in [0.2, 0.25) is 0 Å². The number of aromatic hydroxyl groups is 1. The number of H-pyrrole nitrogens is 1. The number of hydrogen-bond acceptors (Lipinski definition) is 5. The van der Waals surface area contributed by atoms with Crippen molar-refractivity contribution in [1.82, 2.24) is 19.8 Å². The molecule has 0 spiro atoms. The van der Waals surface area contributed by atoms with Crippen LogP contribution in [-0.4, -0.2) is 36.6 Å². The van der Waals surface area contributed by atoms with Crippen LogP contribution in [0.4, 0.5) is 10.5 Å². The molecule has 2 aromatic carbocycles. The van der Waals surface area contributed by atoms with Gasteiger partial charge in [-0.1, -0.05) is 49.0 Å². The van der Waals surface area contributed by atoms with E-state index in [1.54, 1.807) is 54.9 Å². The molecule has 3 heterocycles. The van der Waals surface area contributed by atoms with E-state index in [2.05, 4.69) is 27.1 Å². The highest BCUT2D eigenvalue weighted by Gasteiger charge is 2.35. The minimum Gasteiger partial charge on any atom is -0.508 e. The monoisotopic (exact) mass is 466 g/mol. The van der Waals surface area contributed by atoms with Crippen molar-refractivity contribution < 1.29 is 9.90 Å². The number of aromatic nitrogens is 3. The molecule has 2 aromatic heterocycles. The number of aromatic amines is 1. The third kappa shape index (κ3) is 4.10. The number of hydrazone groups is 1. The van der Waals surface area contributed by atoms with Crippen molar-refractivity contribution in [1.29, 1.82) is 0 Å². The minimum absolute atomic E-state index is 0.0508. The fourth-order valence-electron chi connectivity index (χ4n) is 4.06. The summed E-state index contributed by atoms with van der Waals surface area (Å²) in [5.41, 5.74) is 2.55. The Bertz CT molecular complexity index is 1470. The number of benzene rings is 2. The Morgan fingerprint density at radius 1 is 1.11 bits per heavy atom. The van der Waals surface area contributed by atoms with Gasteiger partial charge in [-0.25, -0.2) is 14.5 Å². The third-order valence-corrected chi connectivity index (χ3v) is 5.78. The maximum Gasteiger partial charge on any atom is 0.343 e. The van der Waals surface area contributed by atoms with E-state index in [1.165, 1.54) is 15.8 Å². The fraction of sp³-hybridized carbons (Fsp3) is 0.0769. The first-order chi connectivity index (χ1) is 17.1. The van der Waals surface area contributed by atoms with Crippen LogP contribution in [0.15, 0.2) is 95.6 Å². The van der Waals surface area contributed by atoms with Crippen LogP contribution < -0.4 is 10.9 Å². The molecule has 0 saturated heterocycles. The second-order valence-corrected chi connectivity index (χ2v) is 7.92. The molecule has 4 aromatic rings. The van der Waals surface area contributed by atoms with E-state index >= 15 is 0 Å². The van der Waals surface area contributed by atoms with Crippen LogP contribution in [-0.2, 0) is 0 Å². The molecule has 0 fully saturated rings. The first-order valence-electron chi connectivity index (χ1n) is 11.0. The number of phenolic OH excluding ortho intramolecular Hbond substituents is 1. The van der Waals surface area contributed by atoms with E-state index < -0.39 is 17.6 Å². The Labute approximate surface area is 200 Å². The molecular formula is C26H22N6O3. The summed E-state index contributed by atoms with van der Waals surface area (Å²) >= 11 is 0. The molecular weight excluding hydrogens is 444 g/mol. The number of para-hydroxylation sites is 2. The largest absolute Gasteiger partial charge is 0.508 e. The lowest BCUT2D eigenvalue weighted by molar-refractivity contribution is 0.199. The molecule has 1 aliphatic heterocycles. The quantitative estimate of drug-likeness (QED) is 0.407. The number of phenols is 1. The number of carbonyl (C=O) groups is 1. The van der Waals surface area contributed by atoms with Gasteiger partial charge < -0.3 is 5.11 Å². The molecule has 1 atom stereocenters. The number of amides is 2. The van der Waals surface area contributed by atoms with Gasteiger partial charge >= 0.3 is 6.03 Å².